The van der Waals surface area contributed by atoms with E-state index in [0.29, 0.717) is 35.3 Å². The van der Waals surface area contributed by atoms with E-state index in [1.807, 2.05) is 30.3 Å². The van der Waals surface area contributed by atoms with Crippen molar-refractivity contribution in [3.63, 3.8) is 0 Å². The summed E-state index contributed by atoms with van der Waals surface area (Å²) in [7, 11) is 0. The van der Waals surface area contributed by atoms with Gasteiger partial charge in [-0.3, -0.25) is 9.59 Å². The Morgan fingerprint density at radius 1 is 1.00 bits per heavy atom. The SMILES string of the molecule is CC1(C)CC(=O)c2c([nH]c(-c3ccnc(NC(=O)c4ccc(F)c(F)c4)c3)c2Nc2ccccc2)C1. The zero-order valence-electron chi connectivity index (χ0n) is 19.8. The summed E-state index contributed by atoms with van der Waals surface area (Å²) in [6.07, 6.45) is 2.68. The lowest BCUT2D eigenvalue weighted by Crippen LogP contribution is -2.26. The lowest BCUT2D eigenvalue weighted by atomic mass is 9.76. The Labute approximate surface area is 206 Å². The van der Waals surface area contributed by atoms with Gasteiger partial charge in [0.15, 0.2) is 17.4 Å². The van der Waals surface area contributed by atoms with Crippen molar-refractivity contribution < 1.29 is 18.4 Å². The first kappa shape index (κ1) is 23.4. The molecule has 0 spiro atoms. The Hall–Kier alpha value is -4.33. The zero-order chi connectivity index (χ0) is 25.4. The fourth-order valence-electron chi connectivity index (χ4n) is 4.54. The number of Topliss-reactive ketones (excluding diaryl/α,β-unsaturated/α-hetero) is 1. The Morgan fingerprint density at radius 3 is 2.53 bits per heavy atom. The minimum atomic E-state index is -1.11. The number of nitrogens with one attached hydrogen (secondary N) is 3. The average Bonchev–Trinajstić information content (AvgIpc) is 3.18. The van der Waals surface area contributed by atoms with Gasteiger partial charge in [-0.1, -0.05) is 32.0 Å². The van der Waals surface area contributed by atoms with E-state index in [0.717, 1.165) is 23.5 Å². The number of hydrogen-bond donors (Lipinski definition) is 3. The van der Waals surface area contributed by atoms with Crippen LogP contribution in [0.4, 0.5) is 26.0 Å². The Bertz CT molecular complexity index is 1480. The summed E-state index contributed by atoms with van der Waals surface area (Å²) in [5, 5.41) is 6.02. The largest absolute Gasteiger partial charge is 0.356 e. The monoisotopic (exact) mass is 486 g/mol. The van der Waals surface area contributed by atoms with Crippen molar-refractivity contribution >= 4 is 28.9 Å². The number of amides is 1. The van der Waals surface area contributed by atoms with Gasteiger partial charge in [-0.05, 0) is 54.3 Å². The zero-order valence-corrected chi connectivity index (χ0v) is 19.8. The second-order valence-corrected chi connectivity index (χ2v) is 9.67. The number of benzene rings is 2. The van der Waals surface area contributed by atoms with Crippen molar-refractivity contribution in [2.45, 2.75) is 26.7 Å². The number of aromatic nitrogens is 2. The highest BCUT2D eigenvalue weighted by Crippen LogP contribution is 2.43. The first-order valence-corrected chi connectivity index (χ1v) is 11.5. The molecular formula is C28H24F2N4O2. The van der Waals surface area contributed by atoms with Crippen LogP contribution < -0.4 is 10.6 Å². The molecule has 0 radical (unpaired) electrons. The van der Waals surface area contributed by atoms with E-state index in [9.17, 15) is 18.4 Å². The molecule has 5 rings (SSSR count). The summed E-state index contributed by atoms with van der Waals surface area (Å²) in [5.74, 6) is -2.47. The van der Waals surface area contributed by atoms with E-state index in [1.54, 1.807) is 12.1 Å². The number of fused-ring (bicyclic) bond motifs is 1. The maximum absolute atomic E-state index is 13.6. The summed E-state index contributed by atoms with van der Waals surface area (Å²) >= 11 is 0. The van der Waals surface area contributed by atoms with Crippen molar-refractivity contribution in [3.05, 3.63) is 95.3 Å². The summed E-state index contributed by atoms with van der Waals surface area (Å²) < 4.78 is 26.8. The number of rotatable bonds is 5. The number of halogens is 2. The van der Waals surface area contributed by atoms with Crippen LogP contribution in [-0.2, 0) is 6.42 Å². The van der Waals surface area contributed by atoms with Gasteiger partial charge in [-0.15, -0.1) is 0 Å². The standard InChI is InChI=1S/C28H24F2N4O2/c1-28(2)14-21-24(22(35)15-28)26(32-18-6-4-3-5-7-18)25(33-21)16-10-11-31-23(13-16)34-27(36)17-8-9-19(29)20(30)12-17/h3-13,32-33H,14-15H2,1-2H3,(H,31,34,36). The van der Waals surface area contributed by atoms with Crippen LogP contribution in [0.15, 0.2) is 66.9 Å². The van der Waals surface area contributed by atoms with E-state index in [1.165, 1.54) is 12.3 Å². The lowest BCUT2D eigenvalue weighted by Gasteiger charge is -2.28. The second-order valence-electron chi connectivity index (χ2n) is 9.67. The molecule has 0 aliphatic heterocycles. The van der Waals surface area contributed by atoms with Crippen LogP contribution in [0.1, 0.15) is 46.7 Å². The van der Waals surface area contributed by atoms with Crippen LogP contribution in [0.3, 0.4) is 0 Å². The van der Waals surface area contributed by atoms with E-state index >= 15 is 0 Å². The summed E-state index contributed by atoms with van der Waals surface area (Å²) in [6, 6.07) is 15.9. The van der Waals surface area contributed by atoms with Gasteiger partial charge in [-0.25, -0.2) is 13.8 Å². The number of aromatic amines is 1. The third kappa shape index (κ3) is 4.62. The number of pyridine rings is 1. The number of carbonyl (C=O) groups excluding carboxylic acids is 2. The normalized spacial score (nSPS) is 14.3. The van der Waals surface area contributed by atoms with Crippen molar-refractivity contribution in [2.24, 2.45) is 5.41 Å². The molecule has 6 nitrogen and oxygen atoms in total. The van der Waals surface area contributed by atoms with E-state index in [4.69, 9.17) is 0 Å². The molecule has 36 heavy (non-hydrogen) atoms. The van der Waals surface area contributed by atoms with Crippen LogP contribution >= 0.6 is 0 Å². The van der Waals surface area contributed by atoms with Crippen LogP contribution in [-0.4, -0.2) is 21.7 Å². The van der Waals surface area contributed by atoms with Crippen LogP contribution in [0.25, 0.3) is 11.3 Å². The van der Waals surface area contributed by atoms with Crippen LogP contribution in [0.5, 0.6) is 0 Å². The molecule has 3 N–H and O–H groups in total. The minimum absolute atomic E-state index is 0.0318. The number of nitrogens with zero attached hydrogens (tertiary/aromatic N) is 1. The third-order valence-corrected chi connectivity index (χ3v) is 6.17. The minimum Gasteiger partial charge on any atom is -0.356 e. The van der Waals surface area contributed by atoms with Gasteiger partial charge >= 0.3 is 0 Å². The second kappa shape index (κ2) is 9.03. The van der Waals surface area contributed by atoms with E-state index < -0.39 is 17.5 Å². The maximum Gasteiger partial charge on any atom is 0.256 e. The number of H-pyrrole nitrogens is 1. The van der Waals surface area contributed by atoms with Gasteiger partial charge in [0.2, 0.25) is 0 Å². The molecule has 8 heteroatoms. The molecule has 0 saturated carbocycles. The number of carbonyl (C=O) groups is 2. The fourth-order valence-corrected chi connectivity index (χ4v) is 4.54. The van der Waals surface area contributed by atoms with Gasteiger partial charge in [0.05, 0.1) is 16.9 Å². The van der Waals surface area contributed by atoms with Gasteiger partial charge in [0, 0.05) is 35.1 Å². The molecule has 2 heterocycles. The third-order valence-electron chi connectivity index (χ3n) is 6.17. The molecule has 1 aliphatic carbocycles. The van der Waals surface area contributed by atoms with Gasteiger partial charge < -0.3 is 15.6 Å². The quantitative estimate of drug-likeness (QED) is 0.300. The average molecular weight is 487 g/mol. The molecule has 1 amide bonds. The topological polar surface area (TPSA) is 86.9 Å². The molecule has 1 aliphatic rings. The molecule has 0 saturated heterocycles. The smallest absolute Gasteiger partial charge is 0.256 e. The first-order valence-electron chi connectivity index (χ1n) is 11.5. The maximum atomic E-state index is 13.6. The summed E-state index contributed by atoms with van der Waals surface area (Å²) in [4.78, 5) is 33.4. The predicted molar refractivity (Wildman–Crippen MR) is 134 cm³/mol. The molecule has 0 unspecified atom stereocenters. The number of hydrogen-bond acceptors (Lipinski definition) is 4. The molecule has 0 bridgehead atoms. The van der Waals surface area contributed by atoms with Gasteiger partial charge in [-0.2, -0.15) is 0 Å². The molecule has 4 aromatic rings. The Kier molecular flexibility index (Phi) is 5.88. The Morgan fingerprint density at radius 2 is 1.78 bits per heavy atom. The van der Waals surface area contributed by atoms with Gasteiger partial charge in [0.25, 0.3) is 5.91 Å². The molecule has 2 aromatic carbocycles. The van der Waals surface area contributed by atoms with Crippen molar-refractivity contribution in [3.8, 4) is 11.3 Å². The van der Waals surface area contributed by atoms with Crippen LogP contribution in [0, 0.1) is 17.0 Å². The van der Waals surface area contributed by atoms with E-state index in [2.05, 4.69) is 34.4 Å². The van der Waals surface area contributed by atoms with Crippen molar-refractivity contribution in [1.29, 1.82) is 0 Å². The molecule has 182 valence electrons. The molecule has 0 fully saturated rings. The predicted octanol–water partition coefficient (Wildman–Crippen LogP) is 6.51. The molecule has 0 atom stereocenters. The van der Waals surface area contributed by atoms with Crippen molar-refractivity contribution in [2.75, 3.05) is 10.6 Å². The van der Waals surface area contributed by atoms with Gasteiger partial charge in [0.1, 0.15) is 5.82 Å². The highest BCUT2D eigenvalue weighted by atomic mass is 19.2. The van der Waals surface area contributed by atoms with Crippen LogP contribution in [0.2, 0.25) is 0 Å². The molecular weight excluding hydrogens is 462 g/mol. The molecule has 2 aromatic heterocycles. The Balaban J connectivity index is 1.53. The lowest BCUT2D eigenvalue weighted by molar-refractivity contribution is 0.0912. The highest BCUT2D eigenvalue weighted by molar-refractivity contribution is 6.08. The highest BCUT2D eigenvalue weighted by Gasteiger charge is 2.35. The summed E-state index contributed by atoms with van der Waals surface area (Å²) in [5.41, 5.74) is 4.18. The number of anilines is 3. The van der Waals surface area contributed by atoms with E-state index in [-0.39, 0.29) is 22.6 Å². The fraction of sp³-hybridized carbons (Fsp3) is 0.179. The first-order chi connectivity index (χ1) is 17.2. The number of para-hydroxylation sites is 1. The summed E-state index contributed by atoms with van der Waals surface area (Å²) in [6.45, 7) is 4.13. The van der Waals surface area contributed by atoms with Crippen molar-refractivity contribution in [1.82, 2.24) is 9.97 Å². The number of ketones is 1.